The van der Waals surface area contributed by atoms with Gasteiger partial charge < -0.3 is 9.47 Å². The Balaban J connectivity index is 1.40. The summed E-state index contributed by atoms with van der Waals surface area (Å²) in [7, 11) is 0. The number of benzene rings is 2. The topological polar surface area (TPSA) is 35.5 Å². The van der Waals surface area contributed by atoms with Gasteiger partial charge in [-0.25, -0.2) is 0 Å². The molecule has 3 nitrogen and oxygen atoms in total. The van der Waals surface area contributed by atoms with Gasteiger partial charge in [0.1, 0.15) is 6.10 Å². The van der Waals surface area contributed by atoms with Crippen LogP contribution in [0.5, 0.6) is 0 Å². The van der Waals surface area contributed by atoms with Gasteiger partial charge in [-0.1, -0.05) is 54.6 Å². The van der Waals surface area contributed by atoms with E-state index in [-0.39, 0.29) is 23.9 Å². The lowest BCUT2D eigenvalue weighted by Gasteiger charge is -2.37. The molecule has 3 heteroatoms. The van der Waals surface area contributed by atoms with E-state index >= 15 is 0 Å². The fourth-order valence-electron chi connectivity index (χ4n) is 3.92. The van der Waals surface area contributed by atoms with Gasteiger partial charge >= 0.3 is 0 Å². The lowest BCUT2D eigenvalue weighted by Crippen LogP contribution is -2.41. The first kappa shape index (κ1) is 17.0. The highest BCUT2D eigenvalue weighted by atomic mass is 16.5. The molecule has 134 valence electrons. The molecule has 2 aromatic carbocycles. The van der Waals surface area contributed by atoms with Gasteiger partial charge in [-0.3, -0.25) is 4.79 Å². The summed E-state index contributed by atoms with van der Waals surface area (Å²) in [6.45, 7) is 2.72. The van der Waals surface area contributed by atoms with Crippen molar-refractivity contribution < 1.29 is 14.3 Å². The molecular weight excluding hydrogens is 324 g/mol. The predicted molar refractivity (Wildman–Crippen MR) is 101 cm³/mol. The van der Waals surface area contributed by atoms with Crippen LogP contribution in [0, 0.1) is 12.8 Å². The molecule has 1 fully saturated rings. The minimum Gasteiger partial charge on any atom is -0.496 e. The molecule has 2 aromatic rings. The Hall–Kier alpha value is -2.39. The average molecular weight is 348 g/mol. The van der Waals surface area contributed by atoms with Crippen LogP contribution in [0.4, 0.5) is 0 Å². The van der Waals surface area contributed by atoms with Crippen LogP contribution in [0.1, 0.15) is 36.0 Å². The molecule has 1 aliphatic heterocycles. The second-order valence-electron chi connectivity index (χ2n) is 7.22. The van der Waals surface area contributed by atoms with Gasteiger partial charge in [-0.2, -0.15) is 0 Å². The average Bonchev–Trinajstić information content (AvgIpc) is 2.68. The number of allylic oxidation sites excluding steroid dienone is 1. The molecule has 4 rings (SSSR count). The van der Waals surface area contributed by atoms with Crippen LogP contribution in [-0.2, 0) is 20.9 Å². The molecule has 26 heavy (non-hydrogen) atoms. The molecule has 0 spiro atoms. The van der Waals surface area contributed by atoms with Crippen molar-refractivity contribution in [3.05, 3.63) is 77.5 Å². The van der Waals surface area contributed by atoms with Gasteiger partial charge in [0.05, 0.1) is 30.5 Å². The maximum absolute atomic E-state index is 12.9. The van der Waals surface area contributed by atoms with Crippen LogP contribution < -0.4 is 0 Å². The normalized spacial score (nSPS) is 25.2. The van der Waals surface area contributed by atoms with Crippen LogP contribution in [0.3, 0.4) is 0 Å². The molecule has 1 saturated carbocycles. The number of carbonyl (C=O) groups is 1. The Morgan fingerprint density at radius 3 is 2.62 bits per heavy atom. The Labute approximate surface area is 154 Å². The fraction of sp³-hybridized carbons (Fsp3) is 0.348. The Kier molecular flexibility index (Phi) is 4.89. The molecule has 0 saturated heterocycles. The Bertz CT molecular complexity index is 809. The number of hydrogen-bond acceptors (Lipinski definition) is 3. The molecule has 2 aliphatic rings. The molecule has 3 unspecified atom stereocenters. The second-order valence-corrected chi connectivity index (χ2v) is 7.22. The third kappa shape index (κ3) is 3.45. The molecule has 0 bridgehead atoms. The minimum absolute atomic E-state index is 0.0477. The molecule has 1 heterocycles. The van der Waals surface area contributed by atoms with Crippen molar-refractivity contribution in [1.29, 1.82) is 0 Å². The van der Waals surface area contributed by atoms with Crippen molar-refractivity contribution in [2.24, 2.45) is 5.92 Å². The van der Waals surface area contributed by atoms with E-state index < -0.39 is 0 Å². The smallest absolute Gasteiger partial charge is 0.173 e. The van der Waals surface area contributed by atoms with Gasteiger partial charge in [0, 0.05) is 6.42 Å². The van der Waals surface area contributed by atoms with E-state index in [2.05, 4.69) is 19.1 Å². The van der Waals surface area contributed by atoms with E-state index in [1.165, 1.54) is 11.1 Å². The number of ketones is 1. The zero-order valence-electron chi connectivity index (χ0n) is 15.1. The van der Waals surface area contributed by atoms with Crippen molar-refractivity contribution >= 4 is 11.4 Å². The fourth-order valence-corrected chi connectivity index (χ4v) is 3.92. The van der Waals surface area contributed by atoms with Crippen molar-refractivity contribution in [2.45, 2.75) is 45.0 Å². The maximum atomic E-state index is 12.9. The number of hydrogen-bond donors (Lipinski definition) is 0. The quantitative estimate of drug-likeness (QED) is 0.804. The third-order valence-electron chi connectivity index (χ3n) is 5.53. The lowest BCUT2D eigenvalue weighted by molar-refractivity contribution is -0.128. The first-order chi connectivity index (χ1) is 12.7. The molecule has 1 aliphatic carbocycles. The predicted octanol–water partition coefficient (Wildman–Crippen LogP) is 4.69. The highest BCUT2D eigenvalue weighted by Gasteiger charge is 2.40. The summed E-state index contributed by atoms with van der Waals surface area (Å²) < 4.78 is 12.1. The van der Waals surface area contributed by atoms with Gasteiger partial charge in [0.2, 0.25) is 0 Å². The van der Waals surface area contributed by atoms with Gasteiger partial charge in [-0.05, 0) is 36.5 Å². The molecule has 0 amide bonds. The number of carbonyl (C=O) groups excluding carboxylic acids is 1. The van der Waals surface area contributed by atoms with Crippen LogP contribution in [0.15, 0.2) is 60.9 Å². The van der Waals surface area contributed by atoms with Crippen molar-refractivity contribution in [3.63, 3.8) is 0 Å². The van der Waals surface area contributed by atoms with Crippen LogP contribution >= 0.6 is 0 Å². The summed E-state index contributed by atoms with van der Waals surface area (Å²) >= 11 is 0. The third-order valence-corrected chi connectivity index (χ3v) is 5.53. The number of fused-ring (bicyclic) bond motifs is 1. The zero-order valence-corrected chi connectivity index (χ0v) is 15.1. The number of ether oxygens (including phenoxy) is 2. The van der Waals surface area contributed by atoms with E-state index in [1.54, 1.807) is 6.26 Å². The minimum atomic E-state index is -0.0643. The summed E-state index contributed by atoms with van der Waals surface area (Å²) in [6.07, 6.45) is 4.25. The SMILES string of the molecule is Cc1ccccc1COC1CCC2C(=O)C(c3ccccc3)=COC2C1. The van der Waals surface area contributed by atoms with Crippen LogP contribution in [-0.4, -0.2) is 18.0 Å². The lowest BCUT2D eigenvalue weighted by atomic mass is 9.78. The molecule has 0 N–H and O–H groups in total. The molecular formula is C23H24O3. The van der Waals surface area contributed by atoms with Crippen molar-refractivity contribution in [3.8, 4) is 0 Å². The number of rotatable bonds is 4. The highest BCUT2D eigenvalue weighted by Crippen LogP contribution is 2.37. The summed E-state index contributed by atoms with van der Waals surface area (Å²) in [5.41, 5.74) is 4.11. The Morgan fingerprint density at radius 1 is 1.04 bits per heavy atom. The standard InChI is InChI=1S/C23H24O3/c1-16-7-5-6-10-18(16)14-25-19-11-12-20-22(13-19)26-15-21(23(20)24)17-8-3-2-4-9-17/h2-10,15,19-20,22H,11-14H2,1H3. The summed E-state index contributed by atoms with van der Waals surface area (Å²) in [6, 6.07) is 18.1. The summed E-state index contributed by atoms with van der Waals surface area (Å²) in [4.78, 5) is 12.9. The first-order valence-electron chi connectivity index (χ1n) is 9.34. The monoisotopic (exact) mass is 348 g/mol. The van der Waals surface area contributed by atoms with Crippen LogP contribution in [0.2, 0.25) is 0 Å². The first-order valence-corrected chi connectivity index (χ1v) is 9.34. The largest absolute Gasteiger partial charge is 0.496 e. The summed E-state index contributed by atoms with van der Waals surface area (Å²) in [5, 5.41) is 0. The summed E-state index contributed by atoms with van der Waals surface area (Å²) in [5.74, 6) is 0.165. The molecule has 0 aromatic heterocycles. The molecule has 0 radical (unpaired) electrons. The van der Waals surface area contributed by atoms with E-state index in [0.717, 1.165) is 24.8 Å². The van der Waals surface area contributed by atoms with Crippen molar-refractivity contribution in [1.82, 2.24) is 0 Å². The van der Waals surface area contributed by atoms with E-state index in [9.17, 15) is 4.79 Å². The number of aryl methyl sites for hydroxylation is 1. The zero-order chi connectivity index (χ0) is 17.9. The highest BCUT2D eigenvalue weighted by molar-refractivity contribution is 6.22. The number of Topliss-reactive ketones (excluding diaryl/α,β-unsaturated/α-hetero) is 1. The van der Waals surface area contributed by atoms with Gasteiger partial charge in [0.25, 0.3) is 0 Å². The Morgan fingerprint density at radius 2 is 1.81 bits per heavy atom. The van der Waals surface area contributed by atoms with Crippen molar-refractivity contribution in [2.75, 3.05) is 0 Å². The van der Waals surface area contributed by atoms with E-state index in [0.29, 0.717) is 12.2 Å². The molecule has 3 atom stereocenters. The second kappa shape index (κ2) is 7.46. The van der Waals surface area contributed by atoms with Gasteiger partial charge in [0.15, 0.2) is 5.78 Å². The van der Waals surface area contributed by atoms with E-state index in [4.69, 9.17) is 9.47 Å². The van der Waals surface area contributed by atoms with E-state index in [1.807, 2.05) is 42.5 Å². The van der Waals surface area contributed by atoms with Gasteiger partial charge in [-0.15, -0.1) is 0 Å². The maximum Gasteiger partial charge on any atom is 0.173 e. The van der Waals surface area contributed by atoms with Crippen LogP contribution in [0.25, 0.3) is 5.57 Å².